The SMILES string of the molecule is O=C1NCC(c2ccccc2)n2c1cc1cnc(Nc3ccc(N4CCNCC4)cn3)nc12. The minimum atomic E-state index is -0.0974. The maximum atomic E-state index is 12.6. The molecule has 2 aliphatic heterocycles. The van der Waals surface area contributed by atoms with Gasteiger partial charge in [-0.25, -0.2) is 9.97 Å². The molecule has 0 bridgehead atoms. The predicted octanol–water partition coefficient (Wildman–Crippen LogP) is 2.31. The molecule has 2 aliphatic rings. The van der Waals surface area contributed by atoms with Gasteiger partial charge in [0.25, 0.3) is 5.91 Å². The molecular weight excluding hydrogens is 416 g/mol. The number of piperazine rings is 1. The summed E-state index contributed by atoms with van der Waals surface area (Å²) in [5, 5.41) is 10.4. The Hall–Kier alpha value is -3.98. The average molecular weight is 441 g/mol. The van der Waals surface area contributed by atoms with Gasteiger partial charge in [-0.2, -0.15) is 4.98 Å². The second-order valence-corrected chi connectivity index (χ2v) is 8.27. The largest absolute Gasteiger partial charge is 0.368 e. The minimum Gasteiger partial charge on any atom is -0.368 e. The van der Waals surface area contributed by atoms with E-state index in [0.717, 1.165) is 48.5 Å². The summed E-state index contributed by atoms with van der Waals surface area (Å²) in [6.07, 6.45) is 3.63. The van der Waals surface area contributed by atoms with Crippen molar-refractivity contribution >= 4 is 34.4 Å². The van der Waals surface area contributed by atoms with Crippen molar-refractivity contribution < 1.29 is 4.79 Å². The van der Waals surface area contributed by atoms with Crippen molar-refractivity contribution in [3.8, 4) is 0 Å². The van der Waals surface area contributed by atoms with Crippen LogP contribution in [0, 0.1) is 0 Å². The van der Waals surface area contributed by atoms with Gasteiger partial charge in [0.15, 0.2) is 0 Å². The molecule has 9 heteroatoms. The molecule has 6 rings (SSSR count). The number of carbonyl (C=O) groups excluding carboxylic acids is 1. The first kappa shape index (κ1) is 19.7. The van der Waals surface area contributed by atoms with Crippen LogP contribution in [-0.2, 0) is 0 Å². The highest BCUT2D eigenvalue weighted by atomic mass is 16.2. The molecule has 3 aromatic heterocycles. The van der Waals surface area contributed by atoms with Gasteiger partial charge in [-0.15, -0.1) is 0 Å². The number of aromatic nitrogens is 4. The molecular formula is C24H24N8O. The Bertz CT molecular complexity index is 1300. The van der Waals surface area contributed by atoms with Gasteiger partial charge >= 0.3 is 0 Å². The van der Waals surface area contributed by atoms with Crippen LogP contribution in [0.15, 0.2) is 60.9 Å². The summed E-state index contributed by atoms with van der Waals surface area (Å²) in [5.41, 5.74) is 3.55. The van der Waals surface area contributed by atoms with E-state index in [1.54, 1.807) is 6.20 Å². The van der Waals surface area contributed by atoms with Crippen molar-refractivity contribution in [2.24, 2.45) is 0 Å². The van der Waals surface area contributed by atoms with Gasteiger partial charge in [-0.05, 0) is 23.8 Å². The van der Waals surface area contributed by atoms with Gasteiger partial charge in [0, 0.05) is 44.3 Å². The van der Waals surface area contributed by atoms with E-state index in [2.05, 4.69) is 49.0 Å². The lowest BCUT2D eigenvalue weighted by Gasteiger charge is -2.29. The van der Waals surface area contributed by atoms with Crippen molar-refractivity contribution in [1.82, 2.24) is 30.2 Å². The van der Waals surface area contributed by atoms with Gasteiger partial charge in [0.1, 0.15) is 17.2 Å². The molecule has 9 nitrogen and oxygen atoms in total. The molecule has 5 heterocycles. The number of carbonyl (C=O) groups is 1. The molecule has 1 atom stereocenters. The first-order valence-electron chi connectivity index (χ1n) is 11.2. The summed E-state index contributed by atoms with van der Waals surface area (Å²) in [6.45, 7) is 4.43. The van der Waals surface area contributed by atoms with Gasteiger partial charge in [-0.1, -0.05) is 30.3 Å². The Kier molecular flexibility index (Phi) is 4.88. The van der Waals surface area contributed by atoms with Gasteiger partial charge < -0.3 is 25.4 Å². The first-order chi connectivity index (χ1) is 16.3. The normalized spacial score (nSPS) is 18.1. The van der Waals surface area contributed by atoms with E-state index < -0.39 is 0 Å². The molecule has 0 radical (unpaired) electrons. The third-order valence-corrected chi connectivity index (χ3v) is 6.23. The van der Waals surface area contributed by atoms with E-state index in [4.69, 9.17) is 4.98 Å². The molecule has 1 saturated heterocycles. The quantitative estimate of drug-likeness (QED) is 0.448. The highest BCUT2D eigenvalue weighted by Crippen LogP contribution is 2.30. The van der Waals surface area contributed by atoms with Crippen LogP contribution in [0.3, 0.4) is 0 Å². The molecule has 166 valence electrons. The van der Waals surface area contributed by atoms with E-state index in [1.807, 2.05) is 41.1 Å². The third kappa shape index (κ3) is 3.66. The Balaban J connectivity index is 1.32. The maximum Gasteiger partial charge on any atom is 0.268 e. The summed E-state index contributed by atoms with van der Waals surface area (Å²) in [6, 6.07) is 16.0. The van der Waals surface area contributed by atoms with E-state index >= 15 is 0 Å². The lowest BCUT2D eigenvalue weighted by Crippen LogP contribution is -2.43. The summed E-state index contributed by atoms with van der Waals surface area (Å²) in [7, 11) is 0. The van der Waals surface area contributed by atoms with Crippen LogP contribution in [0.1, 0.15) is 22.1 Å². The zero-order valence-corrected chi connectivity index (χ0v) is 18.0. The smallest absolute Gasteiger partial charge is 0.268 e. The number of pyridine rings is 1. The Morgan fingerprint density at radius 3 is 2.64 bits per heavy atom. The van der Waals surface area contributed by atoms with Gasteiger partial charge in [0.05, 0.1) is 17.9 Å². The predicted molar refractivity (Wildman–Crippen MR) is 127 cm³/mol. The second kappa shape index (κ2) is 8.18. The Morgan fingerprint density at radius 2 is 1.85 bits per heavy atom. The van der Waals surface area contributed by atoms with Crippen molar-refractivity contribution in [3.05, 3.63) is 72.2 Å². The minimum absolute atomic E-state index is 0.0319. The molecule has 1 unspecified atom stereocenters. The molecule has 33 heavy (non-hydrogen) atoms. The van der Waals surface area contributed by atoms with Crippen LogP contribution >= 0.6 is 0 Å². The monoisotopic (exact) mass is 440 g/mol. The fraction of sp³-hybridized carbons (Fsp3) is 0.250. The fourth-order valence-corrected chi connectivity index (χ4v) is 4.56. The first-order valence-corrected chi connectivity index (χ1v) is 11.2. The van der Waals surface area contributed by atoms with Crippen molar-refractivity contribution in [1.29, 1.82) is 0 Å². The highest BCUT2D eigenvalue weighted by molar-refractivity contribution is 5.99. The van der Waals surface area contributed by atoms with Crippen molar-refractivity contribution in [2.75, 3.05) is 42.9 Å². The lowest BCUT2D eigenvalue weighted by molar-refractivity contribution is 0.0922. The van der Waals surface area contributed by atoms with Crippen molar-refractivity contribution in [2.45, 2.75) is 6.04 Å². The van der Waals surface area contributed by atoms with E-state index in [-0.39, 0.29) is 11.9 Å². The molecule has 1 amide bonds. The summed E-state index contributed by atoms with van der Waals surface area (Å²) in [5.74, 6) is 1.03. The fourth-order valence-electron chi connectivity index (χ4n) is 4.56. The number of fused-ring (bicyclic) bond motifs is 3. The Labute approximate surface area is 190 Å². The average Bonchev–Trinajstić information content (AvgIpc) is 3.26. The summed E-state index contributed by atoms with van der Waals surface area (Å²) in [4.78, 5) is 28.7. The molecule has 0 saturated carbocycles. The molecule has 3 N–H and O–H groups in total. The number of benzene rings is 1. The maximum absolute atomic E-state index is 12.6. The third-order valence-electron chi connectivity index (χ3n) is 6.23. The molecule has 1 fully saturated rings. The number of amides is 1. The zero-order valence-electron chi connectivity index (χ0n) is 18.0. The van der Waals surface area contributed by atoms with E-state index in [1.165, 1.54) is 0 Å². The summed E-state index contributed by atoms with van der Waals surface area (Å²) < 4.78 is 2.01. The topological polar surface area (TPSA) is 100 Å². The highest BCUT2D eigenvalue weighted by Gasteiger charge is 2.29. The van der Waals surface area contributed by atoms with Gasteiger partial charge in [0.2, 0.25) is 5.95 Å². The van der Waals surface area contributed by atoms with Crippen LogP contribution in [0.2, 0.25) is 0 Å². The Morgan fingerprint density at radius 1 is 1.00 bits per heavy atom. The van der Waals surface area contributed by atoms with Crippen molar-refractivity contribution in [3.63, 3.8) is 0 Å². The standard InChI is InChI=1S/C24H24N8O/c33-23-19-12-17-13-28-24(29-21-7-6-18(14-26-21)31-10-8-25-9-11-31)30-22(17)32(19)20(15-27-23)16-4-2-1-3-5-16/h1-7,12-14,20,25H,8-11,15H2,(H,27,33)(H,26,28,29,30). The number of anilines is 3. The molecule has 1 aromatic carbocycles. The molecule has 0 aliphatic carbocycles. The molecule has 0 spiro atoms. The number of rotatable bonds is 4. The summed E-state index contributed by atoms with van der Waals surface area (Å²) >= 11 is 0. The van der Waals surface area contributed by atoms with Crippen LogP contribution in [0.25, 0.3) is 11.0 Å². The van der Waals surface area contributed by atoms with E-state index in [0.29, 0.717) is 24.0 Å². The van der Waals surface area contributed by atoms with Crippen LogP contribution in [-0.4, -0.2) is 58.1 Å². The van der Waals surface area contributed by atoms with Crippen LogP contribution in [0.4, 0.5) is 17.5 Å². The van der Waals surface area contributed by atoms with Gasteiger partial charge in [-0.3, -0.25) is 4.79 Å². The second-order valence-electron chi connectivity index (χ2n) is 8.27. The number of nitrogens with one attached hydrogen (secondary N) is 3. The number of hydrogen-bond donors (Lipinski definition) is 3. The number of nitrogens with zero attached hydrogens (tertiary/aromatic N) is 5. The van der Waals surface area contributed by atoms with Crippen LogP contribution in [0.5, 0.6) is 0 Å². The van der Waals surface area contributed by atoms with E-state index in [9.17, 15) is 4.79 Å². The zero-order chi connectivity index (χ0) is 22.2. The van der Waals surface area contributed by atoms with Crippen LogP contribution < -0.4 is 20.9 Å². The lowest BCUT2D eigenvalue weighted by atomic mass is 10.0. The molecule has 4 aromatic rings. The number of hydrogen-bond acceptors (Lipinski definition) is 7.